The Balaban J connectivity index is 1.85. The Morgan fingerprint density at radius 1 is 0.868 bits per heavy atom. The quantitative estimate of drug-likeness (QED) is 0.170. The number of hydrogen-bond donors (Lipinski definition) is 2. The fraction of sp³-hybridized carbons (Fsp3) is 0.483. The third-order valence-electron chi connectivity index (χ3n) is 5.61. The molecule has 0 aromatic heterocycles. The zero-order valence-electron chi connectivity index (χ0n) is 23.0. The van der Waals surface area contributed by atoms with Crippen molar-refractivity contribution in [2.75, 3.05) is 26.4 Å². The number of unbranched alkanes of at least 4 members (excludes halogenated alkanes) is 2. The first-order valence-corrected chi connectivity index (χ1v) is 13.0. The summed E-state index contributed by atoms with van der Waals surface area (Å²) in [4.78, 5) is 26.0. The van der Waals surface area contributed by atoms with E-state index in [-0.39, 0.29) is 29.6 Å². The number of amides is 1. The minimum Gasteiger partial charge on any atom is -0.494 e. The van der Waals surface area contributed by atoms with E-state index in [1.807, 2.05) is 46.8 Å². The number of hydrogen-bond acceptors (Lipinski definition) is 7. The van der Waals surface area contributed by atoms with Gasteiger partial charge in [0.25, 0.3) is 5.91 Å². The first kappa shape index (κ1) is 30.5. The standard InChI is InChI=1S/C29H40N2O7/c1-6-35-28(30)22-10-12-23(13-11-22)36-16-8-7-9-17-37-24-14-15-25(26(18-24)38-19-27(32)33)29(34)31(20(2)3)21(4)5/h10-15,18,20-21,30H,6-9,16-17,19H2,1-5H3,(H,32,33). The molecule has 0 unspecified atom stereocenters. The molecular formula is C29H40N2O7. The molecule has 2 aromatic rings. The van der Waals surface area contributed by atoms with Crippen molar-refractivity contribution in [3.05, 3.63) is 53.6 Å². The van der Waals surface area contributed by atoms with Crippen molar-refractivity contribution in [2.24, 2.45) is 0 Å². The van der Waals surface area contributed by atoms with Crippen molar-refractivity contribution in [3.63, 3.8) is 0 Å². The van der Waals surface area contributed by atoms with Crippen molar-refractivity contribution in [1.82, 2.24) is 4.90 Å². The molecule has 0 heterocycles. The molecule has 0 atom stereocenters. The predicted molar refractivity (Wildman–Crippen MR) is 146 cm³/mol. The molecule has 0 radical (unpaired) electrons. The van der Waals surface area contributed by atoms with Crippen molar-refractivity contribution >= 4 is 17.8 Å². The van der Waals surface area contributed by atoms with Gasteiger partial charge in [-0.3, -0.25) is 10.2 Å². The van der Waals surface area contributed by atoms with Gasteiger partial charge >= 0.3 is 5.97 Å². The lowest BCUT2D eigenvalue weighted by molar-refractivity contribution is -0.139. The number of carbonyl (C=O) groups excluding carboxylic acids is 1. The number of ether oxygens (including phenoxy) is 4. The summed E-state index contributed by atoms with van der Waals surface area (Å²) in [7, 11) is 0. The molecule has 2 N–H and O–H groups in total. The minimum absolute atomic E-state index is 0.0240. The smallest absolute Gasteiger partial charge is 0.341 e. The fourth-order valence-corrected chi connectivity index (χ4v) is 3.92. The van der Waals surface area contributed by atoms with E-state index >= 15 is 0 Å². The van der Waals surface area contributed by atoms with Crippen LogP contribution in [0.3, 0.4) is 0 Å². The number of aliphatic carboxylic acids is 1. The van der Waals surface area contributed by atoms with Crippen LogP contribution in [0.5, 0.6) is 17.2 Å². The number of benzene rings is 2. The van der Waals surface area contributed by atoms with E-state index in [1.165, 1.54) is 0 Å². The van der Waals surface area contributed by atoms with Gasteiger partial charge in [0.15, 0.2) is 6.61 Å². The van der Waals surface area contributed by atoms with E-state index in [0.717, 1.165) is 25.0 Å². The number of rotatable bonds is 16. The van der Waals surface area contributed by atoms with Gasteiger partial charge in [0.05, 0.1) is 25.4 Å². The maximum absolute atomic E-state index is 13.2. The van der Waals surface area contributed by atoms with Gasteiger partial charge in [-0.05, 0) is 90.3 Å². The average Bonchev–Trinajstić information content (AvgIpc) is 2.87. The Bertz CT molecular complexity index is 1040. The molecule has 0 bridgehead atoms. The van der Waals surface area contributed by atoms with Crippen LogP contribution >= 0.6 is 0 Å². The van der Waals surface area contributed by atoms with Gasteiger partial charge in [-0.1, -0.05) is 0 Å². The molecule has 0 saturated carbocycles. The lowest BCUT2D eigenvalue weighted by Gasteiger charge is -2.31. The van der Waals surface area contributed by atoms with Crippen LogP contribution in [0.2, 0.25) is 0 Å². The van der Waals surface area contributed by atoms with Crippen LogP contribution in [0.25, 0.3) is 0 Å². The molecule has 9 heteroatoms. The van der Waals surface area contributed by atoms with Crippen LogP contribution in [0.4, 0.5) is 0 Å². The summed E-state index contributed by atoms with van der Waals surface area (Å²) in [6.45, 7) is 10.5. The number of carboxylic acid groups (broad SMARTS) is 1. The van der Waals surface area contributed by atoms with Crippen molar-refractivity contribution in [2.45, 2.75) is 66.0 Å². The van der Waals surface area contributed by atoms with Crippen LogP contribution in [0.1, 0.15) is 69.8 Å². The van der Waals surface area contributed by atoms with Gasteiger partial charge in [0.2, 0.25) is 5.90 Å². The monoisotopic (exact) mass is 528 g/mol. The highest BCUT2D eigenvalue weighted by molar-refractivity contribution is 5.97. The van der Waals surface area contributed by atoms with E-state index < -0.39 is 12.6 Å². The van der Waals surface area contributed by atoms with Crippen LogP contribution in [0, 0.1) is 5.41 Å². The summed E-state index contributed by atoms with van der Waals surface area (Å²) in [5.41, 5.74) is 1.02. The second kappa shape index (κ2) is 15.5. The van der Waals surface area contributed by atoms with E-state index in [1.54, 1.807) is 35.2 Å². The predicted octanol–water partition coefficient (Wildman–Crippen LogP) is 5.40. The van der Waals surface area contributed by atoms with Gasteiger partial charge in [0, 0.05) is 23.7 Å². The second-order valence-corrected chi connectivity index (χ2v) is 9.28. The second-order valence-electron chi connectivity index (χ2n) is 9.28. The Hall–Kier alpha value is -3.75. The maximum atomic E-state index is 13.2. The molecule has 9 nitrogen and oxygen atoms in total. The molecule has 0 aliphatic heterocycles. The summed E-state index contributed by atoms with van der Waals surface area (Å²) < 4.78 is 22.2. The fourth-order valence-electron chi connectivity index (χ4n) is 3.92. The zero-order valence-corrected chi connectivity index (χ0v) is 23.0. The molecule has 0 fully saturated rings. The number of nitrogens with one attached hydrogen (secondary N) is 1. The van der Waals surface area contributed by atoms with E-state index in [0.29, 0.717) is 36.7 Å². The number of nitrogens with zero attached hydrogens (tertiary/aromatic N) is 1. The van der Waals surface area contributed by atoms with Gasteiger partial charge in [0.1, 0.15) is 17.2 Å². The highest BCUT2D eigenvalue weighted by Gasteiger charge is 2.25. The Morgan fingerprint density at radius 2 is 1.45 bits per heavy atom. The highest BCUT2D eigenvalue weighted by atomic mass is 16.5. The van der Waals surface area contributed by atoms with Crippen LogP contribution in [-0.2, 0) is 9.53 Å². The molecule has 2 aromatic carbocycles. The first-order valence-electron chi connectivity index (χ1n) is 13.0. The number of carbonyl (C=O) groups is 2. The van der Waals surface area contributed by atoms with Crippen molar-refractivity contribution < 1.29 is 33.6 Å². The molecule has 1 amide bonds. The third kappa shape index (κ3) is 9.61. The summed E-state index contributed by atoms with van der Waals surface area (Å²) in [5, 5.41) is 16.9. The normalized spacial score (nSPS) is 10.8. The Kier molecular flexibility index (Phi) is 12.4. The summed E-state index contributed by atoms with van der Waals surface area (Å²) in [6, 6.07) is 12.1. The lowest BCUT2D eigenvalue weighted by atomic mass is 10.1. The van der Waals surface area contributed by atoms with E-state index in [9.17, 15) is 9.59 Å². The molecule has 0 spiro atoms. The maximum Gasteiger partial charge on any atom is 0.341 e. The Labute approximate surface area is 225 Å². The highest BCUT2D eigenvalue weighted by Crippen LogP contribution is 2.28. The summed E-state index contributed by atoms with van der Waals surface area (Å²) in [5.74, 6) is 0.250. The molecule has 208 valence electrons. The van der Waals surface area contributed by atoms with Gasteiger partial charge in [-0.25, -0.2) is 4.79 Å². The molecule has 2 rings (SSSR count). The van der Waals surface area contributed by atoms with Crippen LogP contribution in [0.15, 0.2) is 42.5 Å². The number of carboxylic acids is 1. The van der Waals surface area contributed by atoms with Crippen LogP contribution in [-0.4, -0.2) is 66.3 Å². The molecule has 0 aliphatic carbocycles. The largest absolute Gasteiger partial charge is 0.494 e. The van der Waals surface area contributed by atoms with Crippen molar-refractivity contribution in [1.29, 1.82) is 5.41 Å². The minimum atomic E-state index is -1.12. The third-order valence-corrected chi connectivity index (χ3v) is 5.61. The van der Waals surface area contributed by atoms with E-state index in [2.05, 4.69) is 0 Å². The SMILES string of the molecule is CCOC(=N)c1ccc(OCCCCCOc2ccc(C(=O)N(C(C)C)C(C)C)c(OCC(=O)O)c2)cc1. The summed E-state index contributed by atoms with van der Waals surface area (Å²) >= 11 is 0. The first-order chi connectivity index (χ1) is 18.1. The zero-order chi connectivity index (χ0) is 28.1. The molecular weight excluding hydrogens is 488 g/mol. The van der Waals surface area contributed by atoms with Crippen LogP contribution < -0.4 is 14.2 Å². The molecule has 0 saturated heterocycles. The topological polar surface area (TPSA) is 118 Å². The van der Waals surface area contributed by atoms with E-state index in [4.69, 9.17) is 29.5 Å². The lowest BCUT2D eigenvalue weighted by Crippen LogP contribution is -2.42. The van der Waals surface area contributed by atoms with Gasteiger partial charge in [-0.2, -0.15) is 0 Å². The summed E-state index contributed by atoms with van der Waals surface area (Å²) in [6.07, 6.45) is 2.54. The molecule has 0 aliphatic rings. The van der Waals surface area contributed by atoms with Gasteiger partial charge < -0.3 is 29.0 Å². The van der Waals surface area contributed by atoms with Gasteiger partial charge in [-0.15, -0.1) is 0 Å². The van der Waals surface area contributed by atoms with Crippen molar-refractivity contribution in [3.8, 4) is 17.2 Å². The molecule has 38 heavy (non-hydrogen) atoms. The average molecular weight is 529 g/mol. The Morgan fingerprint density at radius 3 is 2.00 bits per heavy atom.